The lowest BCUT2D eigenvalue weighted by molar-refractivity contribution is -0.135. The minimum Gasteiger partial charge on any atom is -0.507 e. The van der Waals surface area contributed by atoms with Gasteiger partial charge in [0.1, 0.15) is 17.4 Å². The normalized spacial score (nSPS) is 22.1. The van der Waals surface area contributed by atoms with E-state index < -0.39 is 29.5 Å². The second-order valence-corrected chi connectivity index (χ2v) is 20.4. The first-order valence-electron chi connectivity index (χ1n) is 25.5. The summed E-state index contributed by atoms with van der Waals surface area (Å²) in [6.07, 6.45) is 15.7. The van der Waals surface area contributed by atoms with Crippen LogP contribution in [-0.4, -0.2) is 78.0 Å². The van der Waals surface area contributed by atoms with E-state index in [0.717, 1.165) is 87.3 Å². The first kappa shape index (κ1) is 48.0. The molecule has 6 aromatic rings. The van der Waals surface area contributed by atoms with Crippen LogP contribution < -0.4 is 10.1 Å². The summed E-state index contributed by atoms with van der Waals surface area (Å²) in [6, 6.07) is 29.5. The summed E-state index contributed by atoms with van der Waals surface area (Å²) in [5.41, 5.74) is 9.17. The fourth-order valence-electron chi connectivity index (χ4n) is 11.8. The van der Waals surface area contributed by atoms with E-state index in [-0.39, 0.29) is 61.6 Å². The minimum absolute atomic E-state index is 0.0238. The molecule has 1 aliphatic heterocycles. The molecule has 10 rings (SSSR count). The number of aliphatic hydroxyl groups is 3. The first-order valence-corrected chi connectivity index (χ1v) is 25.5. The van der Waals surface area contributed by atoms with Crippen LogP contribution in [0.15, 0.2) is 115 Å². The molecule has 11 nitrogen and oxygen atoms in total. The molecule has 4 aromatic carbocycles. The number of H-pyrrole nitrogens is 2. The zero-order valence-electron chi connectivity index (χ0n) is 40.2. The highest BCUT2D eigenvalue weighted by molar-refractivity contribution is 6.05. The number of phenolic OH excluding ortho intramolecular Hbond substituents is 2. The van der Waals surface area contributed by atoms with Gasteiger partial charge in [-0.3, -0.25) is 9.59 Å². The van der Waals surface area contributed by atoms with Gasteiger partial charge in [0.05, 0.1) is 23.7 Å². The number of hydrogen-bond acceptors (Lipinski definition) is 9. The Morgan fingerprint density at radius 1 is 0.789 bits per heavy atom. The molecule has 5 atom stereocenters. The van der Waals surface area contributed by atoms with Gasteiger partial charge in [-0.15, -0.1) is 0 Å². The Balaban J connectivity index is 1.05. The van der Waals surface area contributed by atoms with Crippen molar-refractivity contribution in [2.24, 2.45) is 11.8 Å². The quantitative estimate of drug-likeness (QED) is 0.0619. The number of aromatic hydroxyl groups is 2. The van der Waals surface area contributed by atoms with Crippen molar-refractivity contribution in [3.05, 3.63) is 176 Å². The van der Waals surface area contributed by atoms with E-state index in [2.05, 4.69) is 33.5 Å². The molecule has 3 heterocycles. The lowest BCUT2D eigenvalue weighted by Gasteiger charge is -2.38. The Kier molecular flexibility index (Phi) is 14.2. The molecule has 71 heavy (non-hydrogen) atoms. The Labute approximate surface area is 415 Å². The summed E-state index contributed by atoms with van der Waals surface area (Å²) in [7, 11) is 0. The highest BCUT2D eigenvalue weighted by atomic mass is 16.5. The number of aromatic amines is 2. The third-order valence-electron chi connectivity index (χ3n) is 15.5. The van der Waals surface area contributed by atoms with Crippen LogP contribution in [-0.2, 0) is 48.1 Å². The van der Waals surface area contributed by atoms with E-state index in [1.807, 2.05) is 79.1 Å². The Bertz CT molecular complexity index is 2940. The van der Waals surface area contributed by atoms with Crippen LogP contribution in [0, 0.1) is 11.8 Å². The number of anilines is 1. The Morgan fingerprint density at radius 3 is 2.44 bits per heavy atom. The zero-order valence-corrected chi connectivity index (χ0v) is 40.2. The summed E-state index contributed by atoms with van der Waals surface area (Å²) in [5, 5.41) is 60.9. The molecule has 2 aromatic heterocycles. The monoisotopic (exact) mass is 955 g/mol. The topological polar surface area (TPSA) is 188 Å². The van der Waals surface area contributed by atoms with Crippen LogP contribution in [0.4, 0.5) is 5.82 Å². The zero-order chi connectivity index (χ0) is 49.1. The van der Waals surface area contributed by atoms with Crippen molar-refractivity contribution >= 4 is 29.5 Å². The third-order valence-corrected chi connectivity index (χ3v) is 15.5. The number of aromatic nitrogens is 2. The molecule has 4 aliphatic rings. The number of aryl methyl sites for hydroxylation is 2. The van der Waals surface area contributed by atoms with Gasteiger partial charge in [-0.1, -0.05) is 78.9 Å². The smallest absolute Gasteiger partial charge is 0.161 e. The Morgan fingerprint density at radius 2 is 1.61 bits per heavy atom. The molecule has 3 aliphatic carbocycles. The third kappa shape index (κ3) is 10.7. The number of hydrogen-bond donors (Lipinski definition) is 8. The maximum atomic E-state index is 15.6. The molecule has 1 saturated carbocycles. The van der Waals surface area contributed by atoms with Crippen LogP contribution in [0.5, 0.6) is 17.2 Å². The molecule has 11 heteroatoms. The number of fused-ring (bicyclic) bond motifs is 8. The average Bonchev–Trinajstić information content (AvgIpc) is 4.14. The number of Topliss-reactive ketones (excluding diaryl/α,β-unsaturated/α-hetero) is 2. The van der Waals surface area contributed by atoms with Gasteiger partial charge in [0.2, 0.25) is 0 Å². The van der Waals surface area contributed by atoms with Crippen molar-refractivity contribution in [2.75, 3.05) is 18.5 Å². The molecular formula is C60H65N3O8. The first-order chi connectivity index (χ1) is 34.5. The van der Waals surface area contributed by atoms with Gasteiger partial charge in [0.25, 0.3) is 0 Å². The van der Waals surface area contributed by atoms with Crippen molar-refractivity contribution < 1.29 is 39.9 Å². The molecule has 0 amide bonds. The number of carbonyl (C=O) groups is 2. The second kappa shape index (κ2) is 21.0. The Hall–Kier alpha value is -6.66. The SMILES string of the molecule is O=C1CCc2cc(c(O)c(OC3CCCC3)c2)Cc2ccc(C[C@H](O)Cc3ccccc3)c(c2)Cc2cc[nH]c2NCC2=Cc3[nH]ccc3[C@H](C[C@]3(O)C=Cc4c(O)cccc4CC3)[C@@H]2C(=O)[C@H]1CCO. The molecule has 368 valence electrons. The van der Waals surface area contributed by atoms with E-state index in [9.17, 15) is 30.3 Å². The van der Waals surface area contributed by atoms with E-state index in [4.69, 9.17) is 4.74 Å². The maximum absolute atomic E-state index is 15.6. The number of ketones is 2. The van der Waals surface area contributed by atoms with Gasteiger partial charge >= 0.3 is 0 Å². The molecule has 0 radical (unpaired) electrons. The molecule has 4 bridgehead atoms. The van der Waals surface area contributed by atoms with Crippen molar-refractivity contribution in [3.8, 4) is 17.2 Å². The molecule has 0 unspecified atom stereocenters. The van der Waals surface area contributed by atoms with Crippen molar-refractivity contribution in [1.82, 2.24) is 9.97 Å². The molecule has 1 fully saturated rings. The van der Waals surface area contributed by atoms with Crippen molar-refractivity contribution in [2.45, 2.75) is 114 Å². The van der Waals surface area contributed by atoms with Gasteiger partial charge in [-0.25, -0.2) is 0 Å². The van der Waals surface area contributed by atoms with Crippen LogP contribution in [0.3, 0.4) is 0 Å². The van der Waals surface area contributed by atoms with Gasteiger partial charge in [0, 0.05) is 73.5 Å². The maximum Gasteiger partial charge on any atom is 0.161 e. The number of phenols is 2. The lowest BCUT2D eigenvalue weighted by atomic mass is 9.67. The van der Waals surface area contributed by atoms with E-state index in [1.54, 1.807) is 24.3 Å². The van der Waals surface area contributed by atoms with Crippen LogP contribution in [0.25, 0.3) is 12.2 Å². The molecule has 0 saturated heterocycles. The van der Waals surface area contributed by atoms with Gasteiger partial charge in [-0.2, -0.15) is 0 Å². The van der Waals surface area contributed by atoms with Gasteiger partial charge < -0.3 is 45.6 Å². The van der Waals surface area contributed by atoms with Gasteiger partial charge in [0.15, 0.2) is 17.3 Å². The number of aliphatic hydroxyl groups excluding tert-OH is 2. The van der Waals surface area contributed by atoms with Gasteiger partial charge in [-0.05, 0) is 151 Å². The molecule has 8 N–H and O–H groups in total. The fourth-order valence-corrected chi connectivity index (χ4v) is 11.8. The predicted octanol–water partition coefficient (Wildman–Crippen LogP) is 9.48. The number of carbonyl (C=O) groups excluding carboxylic acids is 2. The summed E-state index contributed by atoms with van der Waals surface area (Å²) < 4.78 is 6.50. The fraction of sp³-hybridized carbons (Fsp3) is 0.367. The minimum atomic E-state index is -1.37. The van der Waals surface area contributed by atoms with E-state index in [0.29, 0.717) is 61.8 Å². The largest absolute Gasteiger partial charge is 0.507 e. The van der Waals surface area contributed by atoms with Crippen LogP contribution >= 0.6 is 0 Å². The number of rotatable bonds is 10. The standard InChI is InChI=1S/C60H65N3O8/c64-26-21-50-54(67)16-14-39-29-44(57(68)55(31-39)71-47-10-4-5-11-47)28-38-13-15-41(33-46(65)30-37-7-2-1-3-8-37)43(27-38)32-42-19-24-62-59(42)63-36-45-34-52-49(20-25-61-52)51(56(45)58(50)69)35-60(70)22-17-40-9-6-12-53(66)48(40)18-23-60/h1-3,6-9,12-13,15,18-20,23-25,27,29,31,34,46-47,50-51,56,61-66,68,70H,4-5,10-11,14,16-17,21-22,26,28,30,32-33,35-36H2/t46-,50+,51+,56-,60-/m1/s1. The number of nitrogens with one attached hydrogen (secondary N) is 3. The number of benzene rings is 4. The summed E-state index contributed by atoms with van der Waals surface area (Å²) in [5.74, 6) is -1.73. The second-order valence-electron chi connectivity index (χ2n) is 20.4. The predicted molar refractivity (Wildman–Crippen MR) is 276 cm³/mol. The number of ether oxygens (including phenoxy) is 1. The lowest BCUT2D eigenvalue weighted by Crippen LogP contribution is -2.40. The van der Waals surface area contributed by atoms with Crippen LogP contribution in [0.2, 0.25) is 0 Å². The van der Waals surface area contributed by atoms with E-state index >= 15 is 4.79 Å². The average molecular weight is 956 g/mol. The highest BCUT2D eigenvalue weighted by Crippen LogP contribution is 2.47. The summed E-state index contributed by atoms with van der Waals surface area (Å²) in [6.45, 7) is -0.122. The molecular weight excluding hydrogens is 891 g/mol. The highest BCUT2D eigenvalue weighted by Gasteiger charge is 2.45. The summed E-state index contributed by atoms with van der Waals surface area (Å²) >= 11 is 0. The van der Waals surface area contributed by atoms with Crippen molar-refractivity contribution in [3.63, 3.8) is 0 Å². The summed E-state index contributed by atoms with van der Waals surface area (Å²) in [4.78, 5) is 37.1. The van der Waals surface area contributed by atoms with Crippen LogP contribution in [0.1, 0.15) is 119 Å². The van der Waals surface area contributed by atoms with Crippen molar-refractivity contribution in [1.29, 1.82) is 0 Å². The van der Waals surface area contributed by atoms with E-state index in [1.165, 1.54) is 0 Å². The molecule has 0 spiro atoms.